The smallest absolute Gasteiger partial charge is 0.255 e. The van der Waals surface area contributed by atoms with Crippen LogP contribution in [0.1, 0.15) is 28.0 Å². The Morgan fingerprint density at radius 2 is 2.10 bits per heavy atom. The van der Waals surface area contributed by atoms with Crippen LogP contribution in [0.4, 0.5) is 5.95 Å². The molecule has 1 aliphatic heterocycles. The molecule has 0 atom stereocenters. The molecule has 4 rings (SSSR count). The first-order valence-electron chi connectivity index (χ1n) is 9.57. The molecular formula is C20H22N6O2S. The largest absolute Gasteiger partial charge is 0.378 e. The lowest BCUT2D eigenvalue weighted by atomic mass is 10.1. The standard InChI is InChI=1S/C20H22N6O2S/c1-2-17-24-14(13-29-17)11-22-19(27)15-12-23-20(26-7-9-28-10-8-26)25-18(15)16-5-3-4-6-21-16/h3-6,12-13H,2,7-11H2,1H3,(H,22,27). The second kappa shape index (κ2) is 9.06. The number of rotatable bonds is 6. The highest BCUT2D eigenvalue weighted by atomic mass is 32.1. The van der Waals surface area contributed by atoms with Crippen LogP contribution < -0.4 is 10.2 Å². The maximum atomic E-state index is 12.9. The molecule has 1 amide bonds. The van der Waals surface area contributed by atoms with Gasteiger partial charge >= 0.3 is 0 Å². The van der Waals surface area contributed by atoms with Crippen LogP contribution >= 0.6 is 11.3 Å². The van der Waals surface area contributed by atoms with Crippen molar-refractivity contribution in [2.24, 2.45) is 0 Å². The molecular weight excluding hydrogens is 388 g/mol. The number of carbonyl (C=O) groups is 1. The van der Waals surface area contributed by atoms with Gasteiger partial charge in [-0.2, -0.15) is 0 Å². The van der Waals surface area contributed by atoms with Crippen molar-refractivity contribution in [2.75, 3.05) is 31.2 Å². The summed E-state index contributed by atoms with van der Waals surface area (Å²) in [6.07, 6.45) is 4.16. The number of thiazole rings is 1. The van der Waals surface area contributed by atoms with Gasteiger partial charge < -0.3 is 15.0 Å². The number of carbonyl (C=O) groups excluding carboxylic acids is 1. The van der Waals surface area contributed by atoms with Gasteiger partial charge in [0.1, 0.15) is 5.69 Å². The third-order valence-corrected chi connectivity index (χ3v) is 5.60. The van der Waals surface area contributed by atoms with Crippen LogP contribution in [0.2, 0.25) is 0 Å². The average molecular weight is 411 g/mol. The van der Waals surface area contributed by atoms with Gasteiger partial charge in [0, 0.05) is 30.9 Å². The van der Waals surface area contributed by atoms with Crippen molar-refractivity contribution in [3.05, 3.63) is 52.2 Å². The van der Waals surface area contributed by atoms with Crippen molar-refractivity contribution in [2.45, 2.75) is 19.9 Å². The molecule has 4 heterocycles. The third-order valence-electron chi connectivity index (χ3n) is 4.55. The molecule has 150 valence electrons. The number of hydrogen-bond donors (Lipinski definition) is 1. The van der Waals surface area contributed by atoms with Crippen LogP contribution in [-0.4, -0.2) is 52.1 Å². The van der Waals surface area contributed by atoms with Crippen LogP contribution in [0.25, 0.3) is 11.4 Å². The Balaban J connectivity index is 1.59. The molecule has 8 nitrogen and oxygen atoms in total. The predicted octanol–water partition coefficient (Wildman–Crippen LogP) is 2.32. The Bertz CT molecular complexity index is 972. The summed E-state index contributed by atoms with van der Waals surface area (Å²) in [5.41, 5.74) is 2.40. The van der Waals surface area contributed by atoms with Gasteiger partial charge in [0.15, 0.2) is 0 Å². The fourth-order valence-electron chi connectivity index (χ4n) is 3.01. The predicted molar refractivity (Wildman–Crippen MR) is 111 cm³/mol. The van der Waals surface area contributed by atoms with Crippen molar-refractivity contribution < 1.29 is 9.53 Å². The van der Waals surface area contributed by atoms with E-state index in [2.05, 4.69) is 37.1 Å². The van der Waals surface area contributed by atoms with E-state index in [9.17, 15) is 4.79 Å². The minimum Gasteiger partial charge on any atom is -0.378 e. The normalized spacial score (nSPS) is 14.0. The maximum Gasteiger partial charge on any atom is 0.255 e. The molecule has 1 saturated heterocycles. The van der Waals surface area contributed by atoms with Crippen LogP contribution in [0, 0.1) is 0 Å². The third kappa shape index (κ3) is 4.57. The molecule has 0 aromatic carbocycles. The quantitative estimate of drug-likeness (QED) is 0.667. The van der Waals surface area contributed by atoms with Gasteiger partial charge in [-0.3, -0.25) is 9.78 Å². The summed E-state index contributed by atoms with van der Waals surface area (Å²) in [6.45, 7) is 5.14. The fourth-order valence-corrected chi connectivity index (χ4v) is 3.76. The molecule has 3 aromatic heterocycles. The first-order valence-corrected chi connectivity index (χ1v) is 10.4. The Morgan fingerprint density at radius 3 is 2.83 bits per heavy atom. The molecule has 1 fully saturated rings. The fraction of sp³-hybridized carbons (Fsp3) is 0.350. The van der Waals surface area contributed by atoms with Gasteiger partial charge in [-0.1, -0.05) is 13.0 Å². The van der Waals surface area contributed by atoms with Crippen molar-refractivity contribution in [1.29, 1.82) is 0 Å². The van der Waals surface area contributed by atoms with Gasteiger partial charge in [-0.15, -0.1) is 11.3 Å². The van der Waals surface area contributed by atoms with Crippen molar-refractivity contribution in [1.82, 2.24) is 25.3 Å². The number of hydrogen-bond acceptors (Lipinski definition) is 8. The molecule has 1 aliphatic rings. The zero-order chi connectivity index (χ0) is 20.1. The monoisotopic (exact) mass is 410 g/mol. The van der Waals surface area contributed by atoms with Gasteiger partial charge in [0.05, 0.1) is 41.7 Å². The number of pyridine rings is 1. The number of amides is 1. The van der Waals surface area contributed by atoms with Gasteiger partial charge in [0.2, 0.25) is 5.95 Å². The van der Waals surface area contributed by atoms with Crippen molar-refractivity contribution in [3.63, 3.8) is 0 Å². The van der Waals surface area contributed by atoms with E-state index in [0.29, 0.717) is 42.7 Å². The highest BCUT2D eigenvalue weighted by Gasteiger charge is 2.21. The molecule has 3 aromatic rings. The Morgan fingerprint density at radius 1 is 1.24 bits per heavy atom. The summed E-state index contributed by atoms with van der Waals surface area (Å²) >= 11 is 1.60. The second-order valence-corrected chi connectivity index (χ2v) is 7.46. The van der Waals surface area contributed by atoms with E-state index in [4.69, 9.17) is 4.74 Å². The number of aromatic nitrogens is 4. The van der Waals surface area contributed by atoms with E-state index in [1.807, 2.05) is 23.6 Å². The summed E-state index contributed by atoms with van der Waals surface area (Å²) in [7, 11) is 0. The summed E-state index contributed by atoms with van der Waals surface area (Å²) < 4.78 is 5.40. The summed E-state index contributed by atoms with van der Waals surface area (Å²) in [5, 5.41) is 5.95. The Hall–Kier alpha value is -2.91. The van der Waals surface area contributed by atoms with Crippen molar-refractivity contribution in [3.8, 4) is 11.4 Å². The SMILES string of the molecule is CCc1nc(CNC(=O)c2cnc(N3CCOCC3)nc2-c2ccccn2)cs1. The van der Waals surface area contributed by atoms with E-state index in [1.54, 1.807) is 23.7 Å². The minimum atomic E-state index is -0.245. The average Bonchev–Trinajstić information content (AvgIpc) is 3.26. The lowest BCUT2D eigenvalue weighted by molar-refractivity contribution is 0.0950. The van der Waals surface area contributed by atoms with Crippen molar-refractivity contribution >= 4 is 23.2 Å². The lowest BCUT2D eigenvalue weighted by Gasteiger charge is -2.27. The summed E-state index contributed by atoms with van der Waals surface area (Å²) in [6, 6.07) is 5.55. The Kier molecular flexibility index (Phi) is 6.06. The van der Waals surface area contributed by atoms with Crippen LogP contribution in [0.15, 0.2) is 36.0 Å². The maximum absolute atomic E-state index is 12.9. The number of anilines is 1. The van der Waals surface area contributed by atoms with E-state index in [0.717, 1.165) is 30.2 Å². The molecule has 9 heteroatoms. The molecule has 0 radical (unpaired) electrons. The highest BCUT2D eigenvalue weighted by Crippen LogP contribution is 2.22. The van der Waals surface area contributed by atoms with Gasteiger partial charge in [-0.25, -0.2) is 15.0 Å². The van der Waals surface area contributed by atoms with Crippen LogP contribution in [0.5, 0.6) is 0 Å². The van der Waals surface area contributed by atoms with Crippen LogP contribution in [-0.2, 0) is 17.7 Å². The van der Waals surface area contributed by atoms with E-state index in [-0.39, 0.29) is 5.91 Å². The minimum absolute atomic E-state index is 0.245. The van der Waals surface area contributed by atoms with E-state index in [1.165, 1.54) is 0 Å². The van der Waals surface area contributed by atoms with E-state index < -0.39 is 0 Å². The van der Waals surface area contributed by atoms with Crippen LogP contribution in [0.3, 0.4) is 0 Å². The van der Waals surface area contributed by atoms with Gasteiger partial charge in [-0.05, 0) is 18.6 Å². The Labute approximate surface area is 173 Å². The zero-order valence-corrected chi connectivity index (χ0v) is 17.0. The molecule has 0 spiro atoms. The number of nitrogens with zero attached hydrogens (tertiary/aromatic N) is 5. The molecule has 1 N–H and O–H groups in total. The highest BCUT2D eigenvalue weighted by molar-refractivity contribution is 7.09. The summed E-state index contributed by atoms with van der Waals surface area (Å²) in [4.78, 5) is 33.0. The molecule has 29 heavy (non-hydrogen) atoms. The number of morpholine rings is 1. The molecule has 0 saturated carbocycles. The zero-order valence-electron chi connectivity index (χ0n) is 16.2. The molecule has 0 bridgehead atoms. The van der Waals surface area contributed by atoms with E-state index >= 15 is 0 Å². The molecule has 0 unspecified atom stereocenters. The number of nitrogens with one attached hydrogen (secondary N) is 1. The van der Waals surface area contributed by atoms with Gasteiger partial charge in [0.25, 0.3) is 5.91 Å². The number of aryl methyl sites for hydroxylation is 1. The lowest BCUT2D eigenvalue weighted by Crippen LogP contribution is -2.37. The first-order chi connectivity index (χ1) is 14.2. The number of ether oxygens (including phenoxy) is 1. The molecule has 0 aliphatic carbocycles. The topological polar surface area (TPSA) is 93.1 Å². The summed E-state index contributed by atoms with van der Waals surface area (Å²) in [5.74, 6) is 0.336. The second-order valence-electron chi connectivity index (χ2n) is 6.52. The first kappa shape index (κ1) is 19.4.